The quantitative estimate of drug-likeness (QED) is 0.809. The molecule has 3 rings (SSSR count). The van der Waals surface area contributed by atoms with E-state index in [0.717, 1.165) is 18.2 Å². The zero-order valence-corrected chi connectivity index (χ0v) is 13.4. The summed E-state index contributed by atoms with van der Waals surface area (Å²) in [5, 5.41) is 0. The topological polar surface area (TPSA) is 25.4 Å². The van der Waals surface area contributed by atoms with Crippen molar-refractivity contribution >= 4 is 0 Å². The zero-order chi connectivity index (χ0) is 15.4. The molecule has 0 spiro atoms. The highest BCUT2D eigenvalue weighted by Crippen LogP contribution is 2.37. The van der Waals surface area contributed by atoms with Crippen molar-refractivity contribution in [2.24, 2.45) is 0 Å². The van der Waals surface area contributed by atoms with Gasteiger partial charge < -0.3 is 4.74 Å². The van der Waals surface area contributed by atoms with Gasteiger partial charge in [-0.1, -0.05) is 30.7 Å². The predicted molar refractivity (Wildman–Crippen MR) is 89.2 cm³/mol. The molecule has 1 aliphatic rings. The monoisotopic (exact) mass is 296 g/mol. The van der Waals surface area contributed by atoms with E-state index in [2.05, 4.69) is 29.8 Å². The Labute approximate surface area is 132 Å². The van der Waals surface area contributed by atoms with Crippen LogP contribution in [0.1, 0.15) is 44.7 Å². The van der Waals surface area contributed by atoms with Crippen molar-refractivity contribution in [1.82, 2.24) is 9.88 Å². The van der Waals surface area contributed by atoms with Gasteiger partial charge in [-0.3, -0.25) is 4.90 Å². The van der Waals surface area contributed by atoms with Crippen molar-refractivity contribution in [2.45, 2.75) is 45.2 Å². The molecule has 1 unspecified atom stereocenters. The molecule has 0 amide bonds. The summed E-state index contributed by atoms with van der Waals surface area (Å²) < 4.78 is 6.05. The Kier molecular flexibility index (Phi) is 4.74. The molecule has 0 bridgehead atoms. The molecule has 2 aromatic rings. The van der Waals surface area contributed by atoms with Crippen LogP contribution in [0.2, 0.25) is 0 Å². The summed E-state index contributed by atoms with van der Waals surface area (Å²) in [4.78, 5) is 7.06. The number of aromatic nitrogens is 1. The number of hydrogen-bond donors (Lipinski definition) is 0. The molecule has 3 nitrogen and oxygen atoms in total. The van der Waals surface area contributed by atoms with E-state index in [0.29, 0.717) is 12.1 Å². The number of para-hydroxylation sites is 1. The lowest BCUT2D eigenvalue weighted by molar-refractivity contribution is 0.110. The van der Waals surface area contributed by atoms with Crippen molar-refractivity contribution in [3.05, 3.63) is 54.2 Å². The Morgan fingerprint density at radius 1 is 1.09 bits per heavy atom. The van der Waals surface area contributed by atoms with E-state index in [9.17, 15) is 0 Å². The molecule has 0 N–H and O–H groups in total. The van der Waals surface area contributed by atoms with Crippen LogP contribution < -0.4 is 4.74 Å². The summed E-state index contributed by atoms with van der Waals surface area (Å²) in [7, 11) is 0. The third-order valence-corrected chi connectivity index (χ3v) is 4.32. The summed E-state index contributed by atoms with van der Waals surface area (Å²) in [5.41, 5.74) is 1.21. The Morgan fingerprint density at radius 2 is 1.91 bits per heavy atom. The first kappa shape index (κ1) is 15.0. The molecule has 3 heteroatoms. The standard InChI is InChI=1S/C19H24N2O/c1-15(2)21-14-7-6-12-18(21)17-11-8-13-20-19(17)22-16-9-4-3-5-10-16/h3-5,8-11,13,15,18H,6-7,12,14H2,1-2H3. The van der Waals surface area contributed by atoms with Gasteiger partial charge in [-0.25, -0.2) is 4.98 Å². The van der Waals surface area contributed by atoms with E-state index in [1.165, 1.54) is 24.8 Å². The molecule has 116 valence electrons. The lowest BCUT2D eigenvalue weighted by Gasteiger charge is -2.39. The Bertz CT molecular complexity index is 597. The highest BCUT2D eigenvalue weighted by molar-refractivity contribution is 5.34. The van der Waals surface area contributed by atoms with Gasteiger partial charge in [0.1, 0.15) is 5.75 Å². The number of likely N-dealkylation sites (tertiary alicyclic amines) is 1. The van der Waals surface area contributed by atoms with Crippen LogP contribution in [0.5, 0.6) is 11.6 Å². The summed E-state index contributed by atoms with van der Waals surface area (Å²) in [5.74, 6) is 1.58. The minimum Gasteiger partial charge on any atom is -0.439 e. The summed E-state index contributed by atoms with van der Waals surface area (Å²) in [6.07, 6.45) is 5.54. The maximum atomic E-state index is 6.05. The van der Waals surface area contributed by atoms with Crippen molar-refractivity contribution < 1.29 is 4.74 Å². The number of piperidine rings is 1. The van der Waals surface area contributed by atoms with Gasteiger partial charge in [-0.05, 0) is 51.4 Å². The molecule has 1 aliphatic heterocycles. The van der Waals surface area contributed by atoms with Crippen LogP contribution in [-0.2, 0) is 0 Å². The molecule has 22 heavy (non-hydrogen) atoms. The molecular formula is C19H24N2O. The van der Waals surface area contributed by atoms with Crippen LogP contribution in [0, 0.1) is 0 Å². The molecule has 1 saturated heterocycles. The molecule has 1 fully saturated rings. The predicted octanol–water partition coefficient (Wildman–Crippen LogP) is 4.81. The van der Waals surface area contributed by atoms with E-state index < -0.39 is 0 Å². The van der Waals surface area contributed by atoms with Gasteiger partial charge in [0.15, 0.2) is 0 Å². The van der Waals surface area contributed by atoms with Crippen LogP contribution in [0.15, 0.2) is 48.7 Å². The molecule has 1 aromatic heterocycles. The Balaban J connectivity index is 1.90. The summed E-state index contributed by atoms with van der Waals surface area (Å²) >= 11 is 0. The second-order valence-electron chi connectivity index (χ2n) is 6.16. The van der Waals surface area contributed by atoms with Crippen molar-refractivity contribution in [3.63, 3.8) is 0 Å². The average molecular weight is 296 g/mol. The fraction of sp³-hybridized carbons (Fsp3) is 0.421. The van der Waals surface area contributed by atoms with E-state index in [1.807, 2.05) is 42.6 Å². The van der Waals surface area contributed by atoms with Crippen molar-refractivity contribution in [2.75, 3.05) is 6.54 Å². The van der Waals surface area contributed by atoms with Gasteiger partial charge in [0.25, 0.3) is 0 Å². The third-order valence-electron chi connectivity index (χ3n) is 4.32. The number of ether oxygens (including phenoxy) is 1. The van der Waals surface area contributed by atoms with Gasteiger partial charge >= 0.3 is 0 Å². The maximum absolute atomic E-state index is 6.05. The van der Waals surface area contributed by atoms with Crippen LogP contribution in [0.3, 0.4) is 0 Å². The number of nitrogens with zero attached hydrogens (tertiary/aromatic N) is 2. The molecule has 2 heterocycles. The fourth-order valence-electron chi connectivity index (χ4n) is 3.25. The summed E-state index contributed by atoms with van der Waals surface area (Å²) in [6, 6.07) is 15.0. The minimum absolute atomic E-state index is 0.404. The third kappa shape index (κ3) is 3.30. The van der Waals surface area contributed by atoms with Gasteiger partial charge in [-0.2, -0.15) is 0 Å². The van der Waals surface area contributed by atoms with E-state index in [1.54, 1.807) is 0 Å². The van der Waals surface area contributed by atoms with Gasteiger partial charge in [0, 0.05) is 23.8 Å². The highest BCUT2D eigenvalue weighted by Gasteiger charge is 2.28. The maximum Gasteiger partial charge on any atom is 0.223 e. The lowest BCUT2D eigenvalue weighted by atomic mass is 9.94. The van der Waals surface area contributed by atoms with Gasteiger partial charge in [-0.15, -0.1) is 0 Å². The molecule has 0 radical (unpaired) electrons. The lowest BCUT2D eigenvalue weighted by Crippen LogP contribution is -2.38. The van der Waals surface area contributed by atoms with Gasteiger partial charge in [0.2, 0.25) is 5.88 Å². The first-order chi connectivity index (χ1) is 10.8. The molecule has 0 aliphatic carbocycles. The van der Waals surface area contributed by atoms with Crippen LogP contribution in [0.4, 0.5) is 0 Å². The molecule has 0 saturated carbocycles. The van der Waals surface area contributed by atoms with E-state index in [-0.39, 0.29) is 0 Å². The van der Waals surface area contributed by atoms with E-state index in [4.69, 9.17) is 4.74 Å². The first-order valence-corrected chi connectivity index (χ1v) is 8.19. The number of rotatable bonds is 4. The normalized spacial score (nSPS) is 19.3. The number of hydrogen-bond acceptors (Lipinski definition) is 3. The largest absolute Gasteiger partial charge is 0.439 e. The van der Waals surface area contributed by atoms with Crippen LogP contribution in [-0.4, -0.2) is 22.5 Å². The Hall–Kier alpha value is -1.87. The summed E-state index contributed by atoms with van der Waals surface area (Å²) in [6.45, 7) is 5.70. The van der Waals surface area contributed by atoms with Gasteiger partial charge in [0.05, 0.1) is 0 Å². The first-order valence-electron chi connectivity index (χ1n) is 8.19. The van der Waals surface area contributed by atoms with Crippen LogP contribution >= 0.6 is 0 Å². The minimum atomic E-state index is 0.404. The fourth-order valence-corrected chi connectivity index (χ4v) is 3.25. The van der Waals surface area contributed by atoms with Crippen LogP contribution in [0.25, 0.3) is 0 Å². The second kappa shape index (κ2) is 6.93. The van der Waals surface area contributed by atoms with Crippen molar-refractivity contribution in [1.29, 1.82) is 0 Å². The highest BCUT2D eigenvalue weighted by atomic mass is 16.5. The SMILES string of the molecule is CC(C)N1CCCCC1c1cccnc1Oc1ccccc1. The molecule has 1 aromatic carbocycles. The molecule has 1 atom stereocenters. The second-order valence-corrected chi connectivity index (χ2v) is 6.16. The van der Waals surface area contributed by atoms with E-state index >= 15 is 0 Å². The average Bonchev–Trinajstić information content (AvgIpc) is 2.56. The zero-order valence-electron chi connectivity index (χ0n) is 13.4. The smallest absolute Gasteiger partial charge is 0.223 e. The number of benzene rings is 1. The number of pyridine rings is 1. The van der Waals surface area contributed by atoms with Crippen molar-refractivity contribution in [3.8, 4) is 11.6 Å². The molecular weight excluding hydrogens is 272 g/mol. The Morgan fingerprint density at radius 3 is 2.68 bits per heavy atom.